The summed E-state index contributed by atoms with van der Waals surface area (Å²) in [6.45, 7) is 35.0. The number of nitrogens with zero attached hydrogens (tertiary/aromatic N) is 18. The zero-order valence-electron chi connectivity index (χ0n) is 75.4. The smallest absolute Gasteiger partial charge is 0.373 e. The monoisotopic (exact) mass is 1940 g/mol. The Bertz CT molecular complexity index is 5500. The van der Waals surface area contributed by atoms with Crippen LogP contribution in [0.25, 0.3) is 44.3 Å². The summed E-state index contributed by atoms with van der Waals surface area (Å²) < 4.78 is 13.9. The van der Waals surface area contributed by atoms with Crippen LogP contribution in [-0.2, 0) is 96.3 Å². The highest BCUT2D eigenvalue weighted by molar-refractivity contribution is 9.09. The molecule has 0 amide bonds. The SMILES string of the molecule is C.C.C.C#Cc1cc(-c2cccc(C#N)c2)nc(N)n1.CC(C)(C)[Si](C)(C)OCc1cccc(N)n1.CCBr.CCNc1cccc(CN=[N+]=[N-])n1.CCNc1cccc(CO)n1.CCNc1cccc(CO[Si](C)(C)C(C)(C)C)n1.CNc1cccc(Cn2cc(-c3cc(-c4cccc(C#N)c4)nc(N)n3)nn2)n1.Nc1cccc(CO)n1.O=C=O.O=C=O.O=C=O.O=C=O.O=C=O. The molecule has 0 atom stereocenters. The maximum absolute atomic E-state index is 9.12. The Kier molecular flexibility index (Phi) is 69.5. The molecule has 14 N–H and O–H groups in total. The number of aromatic nitrogens is 13. The van der Waals surface area contributed by atoms with Gasteiger partial charge in [0.2, 0.25) is 11.9 Å². The minimum absolute atomic E-state index is 0. The molecule has 0 radical (unpaired) electrons. The first-order valence-corrected chi connectivity index (χ1v) is 46.2. The average molecular weight is 1940 g/mol. The van der Waals surface area contributed by atoms with E-state index in [0.29, 0.717) is 88.9 Å². The van der Waals surface area contributed by atoms with Crippen molar-refractivity contribution in [1.29, 1.82) is 10.5 Å². The lowest BCUT2D eigenvalue weighted by Crippen LogP contribution is -2.40. The van der Waals surface area contributed by atoms with E-state index in [0.717, 1.165) is 82.1 Å². The van der Waals surface area contributed by atoms with E-state index in [1.807, 2.05) is 119 Å². The molecule has 0 spiro atoms. The van der Waals surface area contributed by atoms with E-state index >= 15 is 0 Å². The molecule has 0 aliphatic carbocycles. The molecule has 11 rings (SSSR count). The Morgan fingerprint density at radius 1 is 0.478 bits per heavy atom. The molecule has 0 fully saturated rings. The number of hydrogen-bond acceptors (Lipinski definition) is 37. The standard InChI is InChI=1S/C20H17N9.C14H26N2OSi.C13H8N4.C12H22N2OSi.C8H11N5.C8H12N2O.C6H8N2O.C2H5Br.5CO2.3CH4/c1-23-19-7-3-6-15(24-19)11-29-12-18(27-28-29)17-9-16(25-20(22)26-17)14-5-2-4-13(8-14)10-21;1-7-15-13-10-8-9-12(16-13)11-17-18(5,6)14(2,3)4;1-2-11-7-12(17-13(15)16-11)10-5-3-4-9(6-10)8-14;1-12(2,3)16(4,5)15-9-10-7-6-8-11(13)14-10;1-2-10-8-5-3-4-7(12-8)6-11-13-9;1-2-9-8-5-3-4-7(6-11)10-8;7-6-3-1-2-5(4-9)8-6;1-2-3;5*2-1-3;;;/h2-9,12H,11H2,1H3,(H,23,24)(H2,22,25,26);8-10H,7,11H2,1-6H3,(H,15,16);1,3-7H,(H2,15,16,17);6-8H,9H2,1-5H3,(H2,13,14);3-5H,2,6H2,1H3,(H,10,12);3-5,11H,2,6H2,1H3,(H,9,10);1-3,9H,4H2,(H2,7,8);2H2,1H3;;;;;;3*1H4. The second kappa shape index (κ2) is 73.3. The molecule has 2 aromatic carbocycles. The van der Waals surface area contributed by atoms with Crippen LogP contribution in [0.2, 0.25) is 36.3 Å². The van der Waals surface area contributed by atoms with Crippen LogP contribution in [0, 0.1) is 35.0 Å². The summed E-state index contributed by atoms with van der Waals surface area (Å²) in [5.74, 6) is 7.00. The van der Waals surface area contributed by atoms with E-state index in [4.69, 9.17) is 112 Å². The fourth-order valence-electron chi connectivity index (χ4n) is 9.04. The van der Waals surface area contributed by atoms with Gasteiger partial charge in [-0.1, -0.05) is 164 Å². The van der Waals surface area contributed by atoms with Crippen LogP contribution < -0.4 is 44.2 Å². The second-order valence-corrected chi connectivity index (χ2v) is 39.1. The summed E-state index contributed by atoms with van der Waals surface area (Å²) in [6, 6.07) is 55.5. The van der Waals surface area contributed by atoms with Gasteiger partial charge in [0.1, 0.15) is 46.3 Å². The molecule has 0 bridgehead atoms. The van der Waals surface area contributed by atoms with E-state index < -0.39 is 16.6 Å². The Hall–Kier alpha value is -15.5. The third-order valence-electron chi connectivity index (χ3n) is 16.9. The summed E-state index contributed by atoms with van der Waals surface area (Å²) in [5, 5.41) is 60.9. The van der Waals surface area contributed by atoms with Crippen LogP contribution in [0.5, 0.6) is 0 Å². The molecular weight excluding hydrogens is 1820 g/mol. The summed E-state index contributed by atoms with van der Waals surface area (Å²) in [5.41, 5.74) is 40.8. The Morgan fingerprint density at radius 2 is 0.813 bits per heavy atom. The van der Waals surface area contributed by atoms with E-state index in [1.54, 1.807) is 89.7 Å². The van der Waals surface area contributed by atoms with Gasteiger partial charge in [-0.25, -0.2) is 54.5 Å². The first kappa shape index (κ1) is 127. The normalized spacial score (nSPS) is 9.40. The quantitative estimate of drug-likeness (QED) is 0.00752. The molecule has 43 heteroatoms. The molecule has 714 valence electrons. The number of anilines is 8. The van der Waals surface area contributed by atoms with Crippen molar-refractivity contribution in [3.05, 3.63) is 237 Å². The van der Waals surface area contributed by atoms with E-state index in [-0.39, 0.29) is 88.2 Å². The summed E-state index contributed by atoms with van der Waals surface area (Å²) >= 11 is 3.15. The number of carbonyl (C=O) groups excluding carboxylic acids is 10. The minimum atomic E-state index is -1.69. The van der Waals surface area contributed by atoms with Gasteiger partial charge in [0.25, 0.3) is 0 Å². The highest BCUT2D eigenvalue weighted by atomic mass is 79.9. The number of aliphatic hydroxyl groups is 2. The van der Waals surface area contributed by atoms with Crippen molar-refractivity contribution in [2.45, 2.75) is 167 Å². The number of azide groups is 1. The number of hydrogen-bond donors (Lipinski definition) is 10. The topological polar surface area (TPSA) is 638 Å². The maximum atomic E-state index is 9.12. The van der Waals surface area contributed by atoms with Gasteiger partial charge in [0.15, 0.2) is 16.6 Å². The Balaban J connectivity index is -0.000000477. The minimum Gasteiger partial charge on any atom is -0.411 e. The first-order valence-electron chi connectivity index (χ1n) is 39.3. The van der Waals surface area contributed by atoms with Crippen molar-refractivity contribution in [2.75, 3.05) is 76.2 Å². The van der Waals surface area contributed by atoms with Gasteiger partial charge in [-0.3, -0.25) is 0 Å². The number of benzene rings is 2. The molecular formula is C91H121BrN26O14Si2. The largest absolute Gasteiger partial charge is 0.411 e. The molecule has 11 aromatic rings. The molecule has 9 heterocycles. The van der Waals surface area contributed by atoms with Gasteiger partial charge >= 0.3 is 30.8 Å². The fourth-order valence-corrected chi connectivity index (χ4v) is 10.9. The lowest BCUT2D eigenvalue weighted by atomic mass is 10.1. The molecule has 9 aromatic heterocycles. The van der Waals surface area contributed by atoms with E-state index in [2.05, 4.69) is 200 Å². The number of rotatable bonds is 22. The number of alkyl halides is 1. The highest BCUT2D eigenvalue weighted by Crippen LogP contribution is 2.38. The number of halogens is 1. The zero-order valence-corrected chi connectivity index (χ0v) is 79.0. The number of nitrogens with one attached hydrogen (secondary N) is 4. The summed E-state index contributed by atoms with van der Waals surface area (Å²) in [6.07, 6.45) is 8.31. The first-order chi connectivity index (χ1) is 62.4. The van der Waals surface area contributed by atoms with Crippen LogP contribution in [0.15, 0.2) is 181 Å². The van der Waals surface area contributed by atoms with Gasteiger partial charge < -0.3 is 63.3 Å². The number of terminal acetylenes is 1. The zero-order chi connectivity index (χ0) is 99.2. The van der Waals surface area contributed by atoms with Crippen molar-refractivity contribution >= 4 is 110 Å². The highest BCUT2D eigenvalue weighted by Gasteiger charge is 2.38. The third kappa shape index (κ3) is 54.8. The van der Waals surface area contributed by atoms with Gasteiger partial charge in [-0.15, -0.1) is 11.5 Å². The van der Waals surface area contributed by atoms with Crippen molar-refractivity contribution < 1.29 is 67.0 Å². The molecule has 0 unspecified atom stereocenters. The second-order valence-electron chi connectivity index (χ2n) is 28.3. The molecule has 40 nitrogen and oxygen atoms in total. The number of nitrogens with two attached hydrogens (primary N) is 4. The molecule has 0 saturated heterocycles. The molecule has 0 aliphatic heterocycles. The third-order valence-corrected chi connectivity index (χ3v) is 25.9. The summed E-state index contributed by atoms with van der Waals surface area (Å²) in [4.78, 5) is 126. The maximum Gasteiger partial charge on any atom is 0.373 e. The summed E-state index contributed by atoms with van der Waals surface area (Å²) in [7, 11) is -1.55. The van der Waals surface area contributed by atoms with Gasteiger partial charge in [-0.2, -0.15) is 58.5 Å². The Morgan fingerprint density at radius 3 is 1.19 bits per heavy atom. The molecule has 0 saturated carbocycles. The average Bonchev–Trinajstić information content (AvgIpc) is 1.56. The fraction of sp³-hybridized carbons (Fsp3) is 0.330. The van der Waals surface area contributed by atoms with E-state index in [1.165, 1.54) is 0 Å². The van der Waals surface area contributed by atoms with E-state index in [9.17, 15) is 0 Å². The van der Waals surface area contributed by atoms with Crippen LogP contribution in [0.1, 0.15) is 143 Å². The van der Waals surface area contributed by atoms with Crippen LogP contribution in [0.3, 0.4) is 0 Å². The van der Waals surface area contributed by atoms with Crippen LogP contribution >= 0.6 is 15.9 Å². The van der Waals surface area contributed by atoms with Gasteiger partial charge in [-0.05, 0) is 172 Å². The van der Waals surface area contributed by atoms with Crippen molar-refractivity contribution in [2.24, 2.45) is 5.11 Å². The predicted molar refractivity (Wildman–Crippen MR) is 519 cm³/mol. The van der Waals surface area contributed by atoms with Crippen molar-refractivity contribution in [1.82, 2.24) is 64.8 Å². The van der Waals surface area contributed by atoms with Gasteiger partial charge in [0.05, 0.1) is 115 Å². The van der Waals surface area contributed by atoms with Crippen LogP contribution in [-0.4, -0.2) is 154 Å². The lowest BCUT2D eigenvalue weighted by molar-refractivity contribution is -0.193. The van der Waals surface area contributed by atoms with Gasteiger partial charge in [0, 0.05) is 53.7 Å². The molecule has 0 aliphatic rings. The van der Waals surface area contributed by atoms with Crippen molar-refractivity contribution in [3.63, 3.8) is 0 Å². The van der Waals surface area contributed by atoms with Crippen molar-refractivity contribution in [3.8, 4) is 58.4 Å². The van der Waals surface area contributed by atoms with Crippen LogP contribution in [0.4, 0.5) is 46.8 Å². The number of pyridine rings is 6. The number of nitriles is 2. The Labute approximate surface area is 792 Å². The number of nitrogen functional groups attached to an aromatic ring is 4. The number of aliphatic hydroxyl groups excluding tert-OH is 2. The predicted octanol–water partition coefficient (Wildman–Crippen LogP) is 15.0. The molecule has 134 heavy (non-hydrogen) atoms. The lowest BCUT2D eigenvalue weighted by Gasteiger charge is -2.36.